The van der Waals surface area contributed by atoms with Crippen LogP contribution in [-0.2, 0) is 9.59 Å². The summed E-state index contributed by atoms with van der Waals surface area (Å²) >= 11 is 0. The Balaban J connectivity index is 1.74. The van der Waals surface area contributed by atoms with Gasteiger partial charge in [-0.1, -0.05) is 30.9 Å². The van der Waals surface area contributed by atoms with Crippen molar-refractivity contribution >= 4 is 17.4 Å². The molecule has 2 aliphatic rings. The Bertz CT molecular complexity index is 1160. The lowest BCUT2D eigenvalue weighted by molar-refractivity contribution is -0.896. The van der Waals surface area contributed by atoms with Crippen LogP contribution in [0.1, 0.15) is 50.8 Å². The minimum Gasteiger partial charge on any atom is -0.872 e. The van der Waals surface area contributed by atoms with E-state index >= 15 is 0 Å². The Kier molecular flexibility index (Phi) is 8.71. The van der Waals surface area contributed by atoms with Crippen molar-refractivity contribution in [3.05, 3.63) is 59.2 Å². The van der Waals surface area contributed by atoms with Crippen LogP contribution in [0, 0.1) is 0 Å². The van der Waals surface area contributed by atoms with E-state index in [1.165, 1.54) is 4.90 Å². The maximum Gasteiger partial charge on any atom is 0.295 e. The van der Waals surface area contributed by atoms with Gasteiger partial charge in [0.15, 0.2) is 11.5 Å². The number of hydrogen-bond acceptors (Lipinski definition) is 6. The molecule has 37 heavy (non-hydrogen) atoms. The van der Waals surface area contributed by atoms with E-state index in [9.17, 15) is 14.7 Å². The third-order valence-electron chi connectivity index (χ3n) is 6.91. The predicted molar refractivity (Wildman–Crippen MR) is 138 cm³/mol. The van der Waals surface area contributed by atoms with Gasteiger partial charge in [-0.3, -0.25) is 9.59 Å². The molecule has 8 heteroatoms. The maximum atomic E-state index is 13.8. The number of likely N-dealkylation sites (tertiary alicyclic amines) is 1. The number of ether oxygens (including phenoxy) is 3. The average Bonchev–Trinajstić information content (AvgIpc) is 3.18. The molecular weight excluding hydrogens is 472 g/mol. The van der Waals surface area contributed by atoms with Gasteiger partial charge >= 0.3 is 0 Å². The Labute approximate surface area is 218 Å². The molecule has 1 fully saturated rings. The first-order valence-corrected chi connectivity index (χ1v) is 13.2. The van der Waals surface area contributed by atoms with Crippen molar-refractivity contribution in [2.45, 2.75) is 39.7 Å². The highest BCUT2D eigenvalue weighted by Crippen LogP contribution is 2.41. The number of quaternary nitrogens is 1. The lowest BCUT2D eigenvalue weighted by Crippen LogP contribution is -3.11. The molecule has 1 saturated heterocycles. The number of hydrogen-bond donors (Lipinski definition) is 1. The largest absolute Gasteiger partial charge is 0.872 e. The van der Waals surface area contributed by atoms with Gasteiger partial charge in [0.05, 0.1) is 32.3 Å². The number of amides is 1. The van der Waals surface area contributed by atoms with Gasteiger partial charge < -0.3 is 29.1 Å². The highest BCUT2D eigenvalue weighted by Gasteiger charge is 2.44. The van der Waals surface area contributed by atoms with E-state index in [2.05, 4.69) is 13.8 Å². The molecule has 198 valence electrons. The first kappa shape index (κ1) is 26.5. The molecule has 0 bridgehead atoms. The first-order chi connectivity index (χ1) is 18.0. The van der Waals surface area contributed by atoms with E-state index in [1.807, 2.05) is 31.2 Å². The fraction of sp³-hybridized carbons (Fsp3) is 0.448. The zero-order valence-electron chi connectivity index (χ0n) is 21.9. The van der Waals surface area contributed by atoms with E-state index in [4.69, 9.17) is 14.2 Å². The fourth-order valence-corrected chi connectivity index (χ4v) is 4.88. The molecule has 1 amide bonds. The Morgan fingerprint density at radius 1 is 1.05 bits per heavy atom. The fourth-order valence-electron chi connectivity index (χ4n) is 4.88. The second kappa shape index (κ2) is 12.1. The van der Waals surface area contributed by atoms with Crippen LogP contribution in [0.4, 0.5) is 0 Å². The summed E-state index contributed by atoms with van der Waals surface area (Å²) in [7, 11) is 0. The number of carbonyl (C=O) groups excluding carboxylic acids is 2. The van der Waals surface area contributed by atoms with Crippen molar-refractivity contribution in [2.24, 2.45) is 0 Å². The lowest BCUT2D eigenvalue weighted by atomic mass is 9.95. The molecule has 0 radical (unpaired) electrons. The topological polar surface area (TPSA) is 92.6 Å². The summed E-state index contributed by atoms with van der Waals surface area (Å²) in [6, 6.07) is 11.4. The maximum absolute atomic E-state index is 13.8. The Hall–Kier alpha value is -3.52. The van der Waals surface area contributed by atoms with E-state index < -0.39 is 23.5 Å². The molecule has 1 unspecified atom stereocenters. The smallest absolute Gasteiger partial charge is 0.295 e. The molecule has 0 aliphatic carbocycles. The minimum absolute atomic E-state index is 0.0375. The van der Waals surface area contributed by atoms with Gasteiger partial charge in [0.2, 0.25) is 5.78 Å². The van der Waals surface area contributed by atoms with Gasteiger partial charge in [0, 0.05) is 18.5 Å². The molecule has 4 rings (SSSR count). The van der Waals surface area contributed by atoms with E-state index in [1.54, 1.807) is 23.1 Å². The standard InChI is InChI=1S/C29H36N2O6/c1-4-15-35-22-10-7-9-20(18-22)26-25(27(32)21-11-12-23-24(19-21)37-17-16-36-23)28(33)29(34)31(26)14-8-13-30(5-2)6-3/h7,9-12,18-19,26,32H,4-6,8,13-17H2,1-3H3. The van der Waals surface area contributed by atoms with Gasteiger partial charge in [-0.15, -0.1) is 0 Å². The number of benzene rings is 2. The number of ketones is 1. The van der Waals surface area contributed by atoms with Crippen LogP contribution in [0.3, 0.4) is 0 Å². The lowest BCUT2D eigenvalue weighted by Gasteiger charge is -2.28. The molecule has 0 spiro atoms. The van der Waals surface area contributed by atoms with Gasteiger partial charge in [0.25, 0.3) is 5.91 Å². The summed E-state index contributed by atoms with van der Waals surface area (Å²) in [5.41, 5.74) is 0.937. The van der Waals surface area contributed by atoms with E-state index in [-0.39, 0.29) is 5.57 Å². The zero-order valence-corrected chi connectivity index (χ0v) is 21.9. The minimum atomic E-state index is -0.780. The second-order valence-corrected chi connectivity index (χ2v) is 9.31. The number of Topliss-reactive ketones (excluding diaryl/α,β-unsaturated/α-hetero) is 1. The molecule has 2 heterocycles. The van der Waals surface area contributed by atoms with Gasteiger partial charge in [0.1, 0.15) is 19.0 Å². The quantitative estimate of drug-likeness (QED) is 0.283. The summed E-state index contributed by atoms with van der Waals surface area (Å²) in [6.45, 7) is 10.9. The van der Waals surface area contributed by atoms with E-state index in [0.29, 0.717) is 54.7 Å². The summed E-state index contributed by atoms with van der Waals surface area (Å²) < 4.78 is 17.0. The Morgan fingerprint density at radius 3 is 2.54 bits per heavy atom. The van der Waals surface area contributed by atoms with Gasteiger partial charge in [-0.2, -0.15) is 0 Å². The SMILES string of the molecule is CCCOc1cccc(C2C(=C([O-])c3ccc4c(c3)OCCO4)C(=O)C(=O)N2CCC[NH+](CC)CC)c1. The molecule has 8 nitrogen and oxygen atoms in total. The van der Waals surface area contributed by atoms with Crippen LogP contribution in [0.5, 0.6) is 17.2 Å². The molecule has 2 aliphatic heterocycles. The van der Waals surface area contributed by atoms with Crippen LogP contribution in [0.25, 0.3) is 5.76 Å². The second-order valence-electron chi connectivity index (χ2n) is 9.31. The molecule has 1 atom stereocenters. The number of fused-ring (bicyclic) bond motifs is 1. The average molecular weight is 509 g/mol. The van der Waals surface area contributed by atoms with Crippen molar-refractivity contribution in [1.29, 1.82) is 0 Å². The number of rotatable bonds is 11. The van der Waals surface area contributed by atoms with Crippen LogP contribution < -0.4 is 24.2 Å². The van der Waals surface area contributed by atoms with Crippen LogP contribution in [0.15, 0.2) is 48.0 Å². The highest BCUT2D eigenvalue weighted by atomic mass is 16.6. The van der Waals surface area contributed by atoms with Crippen molar-refractivity contribution in [2.75, 3.05) is 46.0 Å². The van der Waals surface area contributed by atoms with Crippen molar-refractivity contribution in [3.63, 3.8) is 0 Å². The van der Waals surface area contributed by atoms with Crippen molar-refractivity contribution < 1.29 is 33.8 Å². The summed E-state index contributed by atoms with van der Waals surface area (Å²) in [4.78, 5) is 29.6. The van der Waals surface area contributed by atoms with Crippen molar-refractivity contribution in [1.82, 2.24) is 4.90 Å². The van der Waals surface area contributed by atoms with Gasteiger partial charge in [-0.25, -0.2) is 0 Å². The van der Waals surface area contributed by atoms with Crippen LogP contribution >= 0.6 is 0 Å². The predicted octanol–water partition coefficient (Wildman–Crippen LogP) is 1.79. The van der Waals surface area contributed by atoms with Crippen LogP contribution in [-0.4, -0.2) is 62.6 Å². The van der Waals surface area contributed by atoms with Crippen LogP contribution in [0.2, 0.25) is 0 Å². The normalized spacial score (nSPS) is 18.5. The molecule has 0 saturated carbocycles. The summed E-state index contributed by atoms with van der Waals surface area (Å²) in [6.07, 6.45) is 1.58. The number of nitrogens with zero attached hydrogens (tertiary/aromatic N) is 1. The molecule has 2 aromatic carbocycles. The first-order valence-electron chi connectivity index (χ1n) is 13.2. The monoisotopic (exact) mass is 508 g/mol. The third-order valence-corrected chi connectivity index (χ3v) is 6.91. The Morgan fingerprint density at radius 2 is 1.81 bits per heavy atom. The van der Waals surface area contributed by atoms with Crippen molar-refractivity contribution in [3.8, 4) is 17.2 Å². The highest BCUT2D eigenvalue weighted by molar-refractivity contribution is 6.46. The number of carbonyl (C=O) groups is 2. The summed E-state index contributed by atoms with van der Waals surface area (Å²) in [5.74, 6) is -0.207. The number of nitrogens with one attached hydrogen (secondary N) is 1. The zero-order chi connectivity index (χ0) is 26.4. The van der Waals surface area contributed by atoms with E-state index in [0.717, 1.165) is 32.5 Å². The molecule has 1 N–H and O–H groups in total. The molecule has 2 aromatic rings. The molecule has 0 aromatic heterocycles. The third kappa shape index (κ3) is 5.74. The van der Waals surface area contributed by atoms with Gasteiger partial charge in [-0.05, 0) is 55.7 Å². The molecular formula is C29H36N2O6. The summed E-state index contributed by atoms with van der Waals surface area (Å²) in [5, 5.41) is 13.8.